The number of esters is 1. The molecule has 0 saturated carbocycles. The van der Waals surface area contributed by atoms with E-state index in [-0.39, 0.29) is 40.5 Å². The molecule has 3 aromatic carbocycles. The van der Waals surface area contributed by atoms with Crippen LogP contribution in [0.25, 0.3) is 0 Å². The van der Waals surface area contributed by atoms with Gasteiger partial charge in [0.25, 0.3) is 0 Å². The molecule has 0 amide bonds. The van der Waals surface area contributed by atoms with Crippen LogP contribution in [0.1, 0.15) is 52.4 Å². The summed E-state index contributed by atoms with van der Waals surface area (Å²) >= 11 is -1.67. The Kier molecular flexibility index (Phi) is 9.55. The minimum absolute atomic E-state index is 0.0102. The fourth-order valence-electron chi connectivity index (χ4n) is 3.48. The minimum atomic E-state index is -4.81. The Morgan fingerprint density at radius 3 is 2.33 bits per heavy atom. The van der Waals surface area contributed by atoms with Crippen LogP contribution in [0.3, 0.4) is 0 Å². The molecule has 5 nitrogen and oxygen atoms in total. The fraction of sp³-hybridized carbons (Fsp3) is 0.259. The zero-order valence-corrected chi connectivity index (χ0v) is 20.7. The first-order valence-corrected chi connectivity index (χ1v) is 12.6. The van der Waals surface area contributed by atoms with Gasteiger partial charge in [-0.2, -0.15) is 13.2 Å². The molecule has 9 heteroatoms. The van der Waals surface area contributed by atoms with Crippen molar-refractivity contribution in [2.45, 2.75) is 39.5 Å². The first-order chi connectivity index (χ1) is 17.2. The van der Waals surface area contributed by atoms with Crippen LogP contribution in [-0.4, -0.2) is 22.5 Å². The SMILES string of the molecule is CCCC[S+]([O-])N=Cc1cc(OCc2ccccc2)c(C(=O)Oc2ccccc2)c(C)c1C(F)(F)F. The summed E-state index contributed by atoms with van der Waals surface area (Å²) in [6, 6.07) is 18.1. The Balaban J connectivity index is 2.08. The Bertz CT molecular complexity index is 1190. The van der Waals surface area contributed by atoms with Gasteiger partial charge >= 0.3 is 12.1 Å². The van der Waals surface area contributed by atoms with E-state index in [0.29, 0.717) is 6.42 Å². The number of nitrogens with zero attached hydrogens (tertiary/aromatic N) is 1. The highest BCUT2D eigenvalue weighted by Gasteiger charge is 2.38. The zero-order chi connectivity index (χ0) is 26.1. The van der Waals surface area contributed by atoms with Crippen molar-refractivity contribution in [2.75, 3.05) is 5.75 Å². The average Bonchev–Trinajstić information content (AvgIpc) is 2.85. The molecule has 1 atom stereocenters. The third-order valence-corrected chi connectivity index (χ3v) is 6.21. The molecule has 1 unspecified atom stereocenters. The second-order valence-corrected chi connectivity index (χ2v) is 9.19. The molecule has 0 aliphatic carbocycles. The van der Waals surface area contributed by atoms with Crippen molar-refractivity contribution < 1.29 is 32.0 Å². The van der Waals surface area contributed by atoms with E-state index in [2.05, 4.69) is 4.40 Å². The van der Waals surface area contributed by atoms with Crippen LogP contribution in [0.15, 0.2) is 71.1 Å². The Labute approximate surface area is 211 Å². The summed E-state index contributed by atoms with van der Waals surface area (Å²) in [6.07, 6.45) is -2.46. The molecule has 0 bridgehead atoms. The zero-order valence-electron chi connectivity index (χ0n) is 19.9. The van der Waals surface area contributed by atoms with Gasteiger partial charge in [0, 0.05) is 5.56 Å². The van der Waals surface area contributed by atoms with Crippen molar-refractivity contribution in [3.8, 4) is 11.5 Å². The van der Waals surface area contributed by atoms with Gasteiger partial charge in [0.05, 0.1) is 23.1 Å². The highest BCUT2D eigenvalue weighted by atomic mass is 32.2. The number of carbonyl (C=O) groups is 1. The van der Waals surface area contributed by atoms with E-state index in [0.717, 1.165) is 24.3 Å². The molecule has 190 valence electrons. The normalized spacial score (nSPS) is 12.5. The van der Waals surface area contributed by atoms with Crippen molar-refractivity contribution in [1.29, 1.82) is 0 Å². The number of hydrogen-bond donors (Lipinski definition) is 0. The van der Waals surface area contributed by atoms with Crippen LogP contribution < -0.4 is 9.47 Å². The maximum absolute atomic E-state index is 14.2. The molecular formula is C27H26F3NO4S. The number of hydrogen-bond acceptors (Lipinski definition) is 5. The lowest BCUT2D eigenvalue weighted by Crippen LogP contribution is -2.19. The average molecular weight is 518 g/mol. The molecule has 0 aromatic heterocycles. The van der Waals surface area contributed by atoms with E-state index in [1.165, 1.54) is 19.1 Å². The summed E-state index contributed by atoms with van der Waals surface area (Å²) in [6.45, 7) is 3.11. The highest BCUT2D eigenvalue weighted by molar-refractivity contribution is 7.90. The van der Waals surface area contributed by atoms with E-state index >= 15 is 0 Å². The van der Waals surface area contributed by atoms with Gasteiger partial charge in [0.1, 0.15) is 29.4 Å². The van der Waals surface area contributed by atoms with Gasteiger partial charge in [-0.25, -0.2) is 4.79 Å². The fourth-order valence-corrected chi connectivity index (χ4v) is 4.35. The van der Waals surface area contributed by atoms with E-state index < -0.39 is 29.1 Å². The molecule has 36 heavy (non-hydrogen) atoms. The monoisotopic (exact) mass is 517 g/mol. The number of unbranched alkanes of at least 4 members (excludes halogenated alkanes) is 1. The summed E-state index contributed by atoms with van der Waals surface area (Å²) in [4.78, 5) is 13.1. The molecule has 0 saturated heterocycles. The van der Waals surface area contributed by atoms with Crippen LogP contribution in [-0.2, 0) is 24.1 Å². The van der Waals surface area contributed by atoms with Gasteiger partial charge in [0.2, 0.25) is 0 Å². The molecule has 3 aromatic rings. The molecule has 0 radical (unpaired) electrons. The lowest BCUT2D eigenvalue weighted by Gasteiger charge is -2.20. The molecule has 0 aliphatic rings. The standard InChI is InChI=1S/C27H26F3NO4S/c1-3-4-15-36(33)31-17-21-16-23(34-18-20-11-7-5-8-12-20)24(19(2)25(21)27(28,29)30)26(32)35-22-13-9-6-10-14-22/h5-14,16-17H,3-4,15,18H2,1-2H3. The van der Waals surface area contributed by atoms with Crippen molar-refractivity contribution in [3.63, 3.8) is 0 Å². The number of rotatable bonds is 10. The van der Waals surface area contributed by atoms with Gasteiger partial charge in [-0.3, -0.25) is 0 Å². The molecule has 0 N–H and O–H groups in total. The quantitative estimate of drug-likeness (QED) is 0.130. The van der Waals surface area contributed by atoms with Crippen LogP contribution in [0.4, 0.5) is 13.2 Å². The van der Waals surface area contributed by atoms with Crippen molar-refractivity contribution in [3.05, 3.63) is 94.5 Å². The molecular weight excluding hydrogens is 491 g/mol. The smallest absolute Gasteiger partial charge is 0.417 e. The van der Waals surface area contributed by atoms with Crippen molar-refractivity contribution in [1.82, 2.24) is 0 Å². The number of alkyl halides is 3. The van der Waals surface area contributed by atoms with Crippen LogP contribution in [0.5, 0.6) is 11.5 Å². The Morgan fingerprint density at radius 1 is 1.08 bits per heavy atom. The molecule has 0 aliphatic heterocycles. The maximum atomic E-state index is 14.2. The maximum Gasteiger partial charge on any atom is 0.417 e. The largest absolute Gasteiger partial charge is 0.591 e. The van der Waals surface area contributed by atoms with E-state index in [1.54, 1.807) is 42.5 Å². The lowest BCUT2D eigenvalue weighted by atomic mass is 9.95. The van der Waals surface area contributed by atoms with Gasteiger partial charge in [-0.1, -0.05) is 66.3 Å². The molecule has 0 heterocycles. The number of halogens is 3. The van der Waals surface area contributed by atoms with Crippen molar-refractivity contribution in [2.24, 2.45) is 4.40 Å². The van der Waals surface area contributed by atoms with Crippen LogP contribution in [0, 0.1) is 6.92 Å². The summed E-state index contributed by atoms with van der Waals surface area (Å²) in [5.74, 6) is -0.651. The first kappa shape index (κ1) is 27.3. The van der Waals surface area contributed by atoms with E-state index in [1.807, 2.05) is 13.0 Å². The first-order valence-electron chi connectivity index (χ1n) is 11.3. The third-order valence-electron chi connectivity index (χ3n) is 5.23. The molecule has 0 fully saturated rings. The van der Waals surface area contributed by atoms with E-state index in [4.69, 9.17) is 9.47 Å². The molecule has 0 spiro atoms. The van der Waals surface area contributed by atoms with Gasteiger partial charge in [0.15, 0.2) is 0 Å². The number of ether oxygens (including phenoxy) is 2. The second-order valence-electron chi connectivity index (χ2n) is 7.93. The predicted molar refractivity (Wildman–Crippen MR) is 134 cm³/mol. The van der Waals surface area contributed by atoms with E-state index in [9.17, 15) is 22.5 Å². The number of carbonyl (C=O) groups excluding carboxylic acids is 1. The van der Waals surface area contributed by atoms with Crippen LogP contribution >= 0.6 is 0 Å². The predicted octanol–water partition coefficient (Wildman–Crippen LogP) is 6.69. The number of benzene rings is 3. The number of para-hydroxylation sites is 1. The summed E-state index contributed by atoms with van der Waals surface area (Å²) in [5, 5.41) is 0. The Morgan fingerprint density at radius 2 is 1.72 bits per heavy atom. The Hall–Kier alpha value is -3.30. The van der Waals surface area contributed by atoms with Gasteiger partial charge in [-0.05, 0) is 42.7 Å². The minimum Gasteiger partial charge on any atom is -0.591 e. The highest BCUT2D eigenvalue weighted by Crippen LogP contribution is 2.39. The van der Waals surface area contributed by atoms with Gasteiger partial charge < -0.3 is 14.0 Å². The summed E-state index contributed by atoms with van der Waals surface area (Å²) < 4.78 is 69.6. The second kappa shape index (κ2) is 12.6. The summed E-state index contributed by atoms with van der Waals surface area (Å²) in [5.41, 5.74) is -1.36. The third kappa shape index (κ3) is 7.35. The summed E-state index contributed by atoms with van der Waals surface area (Å²) in [7, 11) is 0. The molecule has 3 rings (SSSR count). The van der Waals surface area contributed by atoms with Gasteiger partial charge in [-0.15, -0.1) is 0 Å². The lowest BCUT2D eigenvalue weighted by molar-refractivity contribution is -0.138. The van der Waals surface area contributed by atoms with Crippen molar-refractivity contribution >= 4 is 23.5 Å². The topological polar surface area (TPSA) is 71.0 Å². The van der Waals surface area contributed by atoms with Crippen LogP contribution in [0.2, 0.25) is 0 Å².